The van der Waals surface area contributed by atoms with Crippen LogP contribution in [-0.4, -0.2) is 39.6 Å². The molecule has 0 radical (unpaired) electrons. The second kappa shape index (κ2) is 7.85. The van der Waals surface area contributed by atoms with Crippen molar-refractivity contribution in [1.29, 1.82) is 0 Å². The number of aromatic nitrogens is 3. The van der Waals surface area contributed by atoms with E-state index < -0.39 is 0 Å². The fraction of sp³-hybridized carbons (Fsp3) is 0.200. The minimum atomic E-state index is -0.375. The van der Waals surface area contributed by atoms with Crippen molar-refractivity contribution in [1.82, 2.24) is 15.0 Å². The van der Waals surface area contributed by atoms with Crippen molar-refractivity contribution in [3.63, 3.8) is 0 Å². The zero-order valence-corrected chi connectivity index (χ0v) is 16.1. The van der Waals surface area contributed by atoms with E-state index in [2.05, 4.69) is 15.5 Å². The van der Waals surface area contributed by atoms with Gasteiger partial charge in [0, 0.05) is 29.2 Å². The van der Waals surface area contributed by atoms with E-state index in [4.69, 9.17) is 0 Å². The second-order valence-electron chi connectivity index (χ2n) is 6.46. The van der Waals surface area contributed by atoms with Gasteiger partial charge in [-0.15, -0.1) is 11.8 Å². The summed E-state index contributed by atoms with van der Waals surface area (Å²) in [6, 6.07) is 15.1. The van der Waals surface area contributed by atoms with E-state index in [-0.39, 0.29) is 24.2 Å². The quantitative estimate of drug-likeness (QED) is 0.674. The van der Waals surface area contributed by atoms with Gasteiger partial charge < -0.3 is 10.2 Å². The van der Waals surface area contributed by atoms with Gasteiger partial charge in [-0.2, -0.15) is 15.0 Å². The normalized spacial score (nSPS) is 16.4. The van der Waals surface area contributed by atoms with Gasteiger partial charge in [0.05, 0.1) is 24.0 Å². The summed E-state index contributed by atoms with van der Waals surface area (Å²) in [5.41, 5.74) is 2.31. The average Bonchev–Trinajstić information content (AvgIpc) is 3.39. The predicted molar refractivity (Wildman–Crippen MR) is 109 cm³/mol. The molecule has 3 aromatic rings. The molecule has 8 heteroatoms. The minimum Gasteiger partial charge on any atom is -0.326 e. The Hall–Kier alpha value is -3.13. The molecule has 1 saturated heterocycles. The highest BCUT2D eigenvalue weighted by atomic mass is 32.2. The zero-order chi connectivity index (χ0) is 19.5. The van der Waals surface area contributed by atoms with Crippen molar-refractivity contribution in [2.45, 2.75) is 11.3 Å². The Morgan fingerprint density at radius 3 is 2.32 bits per heavy atom. The third kappa shape index (κ3) is 3.77. The first kappa shape index (κ1) is 18.2. The third-order valence-electron chi connectivity index (χ3n) is 4.66. The van der Waals surface area contributed by atoms with Crippen LogP contribution < -0.4 is 10.2 Å². The first-order valence-corrected chi connectivity index (χ1v) is 10.1. The molecule has 0 spiro atoms. The van der Waals surface area contributed by atoms with Gasteiger partial charge in [0.25, 0.3) is 0 Å². The number of benzene rings is 2. The number of hydrogen-bond acceptors (Lipinski definition) is 5. The summed E-state index contributed by atoms with van der Waals surface area (Å²) in [5, 5.41) is 11.0. The van der Waals surface area contributed by atoms with E-state index in [1.807, 2.05) is 42.7 Å². The molecule has 142 valence electrons. The maximum absolute atomic E-state index is 12.6. The number of amides is 2. The molecule has 2 heterocycles. The van der Waals surface area contributed by atoms with Gasteiger partial charge in [0.1, 0.15) is 0 Å². The largest absolute Gasteiger partial charge is 0.326 e. The maximum atomic E-state index is 12.6. The number of anilines is 2. The Balaban J connectivity index is 1.40. The van der Waals surface area contributed by atoms with Gasteiger partial charge in [-0.25, -0.2) is 0 Å². The number of hydrogen-bond donors (Lipinski definition) is 1. The highest BCUT2D eigenvalue weighted by molar-refractivity contribution is 7.98. The molecule has 4 rings (SSSR count). The lowest BCUT2D eigenvalue weighted by atomic mass is 10.1. The van der Waals surface area contributed by atoms with Crippen LogP contribution in [-0.2, 0) is 9.59 Å². The molecule has 1 fully saturated rings. The van der Waals surface area contributed by atoms with Crippen molar-refractivity contribution >= 4 is 35.0 Å². The Morgan fingerprint density at radius 2 is 1.68 bits per heavy atom. The number of rotatable bonds is 5. The smallest absolute Gasteiger partial charge is 0.229 e. The van der Waals surface area contributed by atoms with Crippen LogP contribution in [0, 0.1) is 5.92 Å². The maximum Gasteiger partial charge on any atom is 0.229 e. The van der Waals surface area contributed by atoms with Crippen LogP contribution in [0.5, 0.6) is 0 Å². The molecule has 0 bridgehead atoms. The summed E-state index contributed by atoms with van der Waals surface area (Å²) >= 11 is 1.65. The van der Waals surface area contributed by atoms with Crippen LogP contribution in [0.2, 0.25) is 0 Å². The lowest BCUT2D eigenvalue weighted by Gasteiger charge is -2.17. The molecule has 0 saturated carbocycles. The van der Waals surface area contributed by atoms with E-state index in [1.54, 1.807) is 41.2 Å². The Bertz CT molecular complexity index is 971. The third-order valence-corrected chi connectivity index (χ3v) is 5.41. The van der Waals surface area contributed by atoms with Crippen LogP contribution in [0.3, 0.4) is 0 Å². The highest BCUT2D eigenvalue weighted by Crippen LogP contribution is 2.28. The Morgan fingerprint density at radius 1 is 1.04 bits per heavy atom. The fourth-order valence-electron chi connectivity index (χ4n) is 3.17. The monoisotopic (exact) mass is 393 g/mol. The summed E-state index contributed by atoms with van der Waals surface area (Å²) in [5.74, 6) is -0.557. The molecule has 1 aromatic heterocycles. The average molecular weight is 393 g/mol. The zero-order valence-electron chi connectivity index (χ0n) is 15.3. The molecule has 1 N–H and O–H groups in total. The SMILES string of the molecule is CSc1ccc(N2C[C@H](C(=O)Nc3ccc(-n4nccn4)cc3)CC2=O)cc1. The summed E-state index contributed by atoms with van der Waals surface area (Å²) in [6.07, 6.45) is 5.43. The number of carbonyl (C=O) groups is 2. The van der Waals surface area contributed by atoms with Gasteiger partial charge >= 0.3 is 0 Å². The van der Waals surface area contributed by atoms with E-state index >= 15 is 0 Å². The highest BCUT2D eigenvalue weighted by Gasteiger charge is 2.35. The van der Waals surface area contributed by atoms with Crippen molar-refractivity contribution in [3.05, 3.63) is 60.9 Å². The van der Waals surface area contributed by atoms with E-state index in [1.165, 1.54) is 4.80 Å². The molecule has 0 aliphatic carbocycles. The van der Waals surface area contributed by atoms with Crippen LogP contribution in [0.4, 0.5) is 11.4 Å². The van der Waals surface area contributed by atoms with Gasteiger partial charge in [-0.05, 0) is 54.8 Å². The predicted octanol–water partition coefficient (Wildman–Crippen LogP) is 2.98. The second-order valence-corrected chi connectivity index (χ2v) is 7.34. The van der Waals surface area contributed by atoms with Crippen molar-refractivity contribution in [2.24, 2.45) is 5.92 Å². The van der Waals surface area contributed by atoms with Crippen molar-refractivity contribution in [2.75, 3.05) is 23.0 Å². The van der Waals surface area contributed by atoms with Gasteiger partial charge in [0.15, 0.2) is 0 Å². The number of carbonyl (C=O) groups excluding carboxylic acids is 2. The van der Waals surface area contributed by atoms with E-state index in [0.717, 1.165) is 16.3 Å². The molecule has 0 unspecified atom stereocenters. The molecule has 2 aromatic carbocycles. The summed E-state index contributed by atoms with van der Waals surface area (Å²) in [4.78, 5) is 29.3. The van der Waals surface area contributed by atoms with Gasteiger partial charge in [0.2, 0.25) is 11.8 Å². The fourth-order valence-corrected chi connectivity index (χ4v) is 3.57. The molecular formula is C20H19N5O2S. The molecule has 1 atom stereocenters. The molecule has 28 heavy (non-hydrogen) atoms. The van der Waals surface area contributed by atoms with Crippen LogP contribution >= 0.6 is 11.8 Å². The first-order chi connectivity index (χ1) is 13.6. The topological polar surface area (TPSA) is 80.1 Å². The molecular weight excluding hydrogens is 374 g/mol. The van der Waals surface area contributed by atoms with Crippen molar-refractivity contribution in [3.8, 4) is 5.69 Å². The molecule has 2 amide bonds. The summed E-state index contributed by atoms with van der Waals surface area (Å²) in [6.45, 7) is 0.387. The minimum absolute atomic E-state index is 0.0304. The van der Waals surface area contributed by atoms with Crippen LogP contribution in [0.1, 0.15) is 6.42 Å². The standard InChI is InChI=1S/C20H19N5O2S/c1-28-18-8-6-16(7-9-18)24-13-14(12-19(24)26)20(27)23-15-2-4-17(5-3-15)25-21-10-11-22-25/h2-11,14H,12-13H2,1H3,(H,23,27)/t14-/m1/s1. The van der Waals surface area contributed by atoms with E-state index in [0.29, 0.717) is 12.2 Å². The first-order valence-electron chi connectivity index (χ1n) is 8.86. The number of nitrogens with zero attached hydrogens (tertiary/aromatic N) is 4. The van der Waals surface area contributed by atoms with Crippen LogP contribution in [0.25, 0.3) is 5.69 Å². The Labute approximate surface area is 166 Å². The summed E-state index contributed by atoms with van der Waals surface area (Å²) < 4.78 is 0. The summed E-state index contributed by atoms with van der Waals surface area (Å²) in [7, 11) is 0. The van der Waals surface area contributed by atoms with Gasteiger partial charge in [-0.1, -0.05) is 0 Å². The molecule has 1 aliphatic rings. The Kier molecular flexibility index (Phi) is 5.12. The van der Waals surface area contributed by atoms with Crippen molar-refractivity contribution < 1.29 is 9.59 Å². The molecule has 7 nitrogen and oxygen atoms in total. The number of nitrogens with one attached hydrogen (secondary N) is 1. The lowest BCUT2D eigenvalue weighted by Crippen LogP contribution is -2.28. The van der Waals surface area contributed by atoms with Crippen LogP contribution in [0.15, 0.2) is 65.8 Å². The molecule has 1 aliphatic heterocycles. The van der Waals surface area contributed by atoms with Gasteiger partial charge in [-0.3, -0.25) is 9.59 Å². The van der Waals surface area contributed by atoms with E-state index in [9.17, 15) is 9.59 Å². The number of thioether (sulfide) groups is 1. The lowest BCUT2D eigenvalue weighted by molar-refractivity contribution is -0.122.